The standard InChI is InChI=1S/C19H21ClN2O5S/c1-12-6-5-7-15(10-12)21-18(23)13(2)27-19(24)14-8-9-16(20)17(11-14)28(25,26)22(3)4/h5-11,13H,1-4H3,(H,21,23). The highest BCUT2D eigenvalue weighted by Gasteiger charge is 2.24. The normalized spacial score (nSPS) is 12.5. The van der Waals surface area contributed by atoms with Crippen LogP contribution in [0.4, 0.5) is 5.69 Å². The van der Waals surface area contributed by atoms with Crippen molar-refractivity contribution in [2.75, 3.05) is 19.4 Å². The van der Waals surface area contributed by atoms with Gasteiger partial charge in [0.1, 0.15) is 4.90 Å². The molecule has 0 aromatic heterocycles. The van der Waals surface area contributed by atoms with Crippen LogP contribution in [0.15, 0.2) is 47.4 Å². The van der Waals surface area contributed by atoms with E-state index in [1.165, 1.54) is 33.2 Å². The van der Waals surface area contributed by atoms with Crippen molar-refractivity contribution in [1.82, 2.24) is 4.31 Å². The number of benzene rings is 2. The van der Waals surface area contributed by atoms with Gasteiger partial charge >= 0.3 is 5.97 Å². The predicted octanol–water partition coefficient (Wildman–Crippen LogP) is 3.08. The van der Waals surface area contributed by atoms with Crippen LogP contribution in [0, 0.1) is 6.92 Å². The Morgan fingerprint density at radius 2 is 1.82 bits per heavy atom. The van der Waals surface area contributed by atoms with E-state index in [1.54, 1.807) is 18.2 Å². The zero-order valence-corrected chi connectivity index (χ0v) is 17.5. The highest BCUT2D eigenvalue weighted by Crippen LogP contribution is 2.25. The maximum atomic E-state index is 12.4. The van der Waals surface area contributed by atoms with Gasteiger partial charge < -0.3 is 10.1 Å². The Morgan fingerprint density at radius 3 is 2.43 bits per heavy atom. The molecule has 1 amide bonds. The van der Waals surface area contributed by atoms with E-state index in [2.05, 4.69) is 5.32 Å². The number of hydrogen-bond donors (Lipinski definition) is 1. The van der Waals surface area contributed by atoms with Crippen molar-refractivity contribution in [2.45, 2.75) is 24.8 Å². The quantitative estimate of drug-likeness (QED) is 0.719. The van der Waals surface area contributed by atoms with Gasteiger partial charge in [0.05, 0.1) is 10.6 Å². The number of halogens is 1. The summed E-state index contributed by atoms with van der Waals surface area (Å²) in [4.78, 5) is 24.4. The molecular weight excluding hydrogens is 404 g/mol. The summed E-state index contributed by atoms with van der Waals surface area (Å²) >= 11 is 5.97. The summed E-state index contributed by atoms with van der Waals surface area (Å²) in [6.45, 7) is 3.31. The van der Waals surface area contributed by atoms with Crippen LogP contribution in [-0.4, -0.2) is 44.8 Å². The SMILES string of the molecule is Cc1cccc(NC(=O)C(C)OC(=O)c2ccc(Cl)c(S(=O)(=O)N(C)C)c2)c1. The second kappa shape index (κ2) is 8.72. The first kappa shape index (κ1) is 21.9. The molecule has 0 saturated heterocycles. The molecule has 1 atom stereocenters. The Morgan fingerprint density at radius 1 is 1.14 bits per heavy atom. The molecule has 0 aliphatic carbocycles. The molecule has 28 heavy (non-hydrogen) atoms. The van der Waals surface area contributed by atoms with E-state index in [-0.39, 0.29) is 15.5 Å². The minimum Gasteiger partial charge on any atom is -0.449 e. The predicted molar refractivity (Wildman–Crippen MR) is 107 cm³/mol. The topological polar surface area (TPSA) is 92.8 Å². The molecule has 1 N–H and O–H groups in total. The Balaban J connectivity index is 2.15. The summed E-state index contributed by atoms with van der Waals surface area (Å²) in [5, 5.41) is 2.64. The van der Waals surface area contributed by atoms with E-state index in [1.807, 2.05) is 13.0 Å². The van der Waals surface area contributed by atoms with Crippen LogP contribution >= 0.6 is 11.6 Å². The molecule has 9 heteroatoms. The molecule has 1 unspecified atom stereocenters. The number of amides is 1. The summed E-state index contributed by atoms with van der Waals surface area (Å²) in [6, 6.07) is 10.9. The Bertz CT molecular complexity index is 1010. The fourth-order valence-electron chi connectivity index (χ4n) is 2.27. The number of carbonyl (C=O) groups excluding carboxylic acids is 2. The van der Waals surface area contributed by atoms with Gasteiger partial charge in [-0.15, -0.1) is 0 Å². The van der Waals surface area contributed by atoms with E-state index in [9.17, 15) is 18.0 Å². The summed E-state index contributed by atoms with van der Waals surface area (Å²) in [7, 11) is -1.13. The average Bonchev–Trinajstić information content (AvgIpc) is 2.61. The lowest BCUT2D eigenvalue weighted by Crippen LogP contribution is -2.30. The van der Waals surface area contributed by atoms with Crippen molar-refractivity contribution in [3.05, 3.63) is 58.6 Å². The first-order chi connectivity index (χ1) is 13.0. The van der Waals surface area contributed by atoms with Crippen LogP contribution in [0.1, 0.15) is 22.8 Å². The molecule has 0 aliphatic rings. The zero-order chi connectivity index (χ0) is 21.1. The number of esters is 1. The van der Waals surface area contributed by atoms with E-state index in [0.29, 0.717) is 5.69 Å². The van der Waals surface area contributed by atoms with E-state index < -0.39 is 28.0 Å². The fraction of sp³-hybridized carbons (Fsp3) is 0.263. The largest absolute Gasteiger partial charge is 0.449 e. The number of sulfonamides is 1. The van der Waals surface area contributed by atoms with E-state index in [4.69, 9.17) is 16.3 Å². The minimum absolute atomic E-state index is 0.0181. The van der Waals surface area contributed by atoms with Gasteiger partial charge in [-0.05, 0) is 49.7 Å². The molecule has 0 aliphatic heterocycles. The molecule has 0 heterocycles. The van der Waals surface area contributed by atoms with Crippen LogP contribution in [0.5, 0.6) is 0 Å². The average molecular weight is 425 g/mol. The van der Waals surface area contributed by atoms with Crippen LogP contribution in [-0.2, 0) is 19.6 Å². The van der Waals surface area contributed by atoms with Crippen LogP contribution < -0.4 is 5.32 Å². The zero-order valence-electron chi connectivity index (χ0n) is 15.9. The summed E-state index contributed by atoms with van der Waals surface area (Å²) in [5.74, 6) is -1.34. The molecule has 0 radical (unpaired) electrons. The van der Waals surface area contributed by atoms with Gasteiger partial charge in [-0.25, -0.2) is 17.5 Å². The third-order valence-corrected chi connectivity index (χ3v) is 6.16. The first-order valence-electron chi connectivity index (χ1n) is 8.33. The second-order valence-electron chi connectivity index (χ2n) is 6.34. The number of anilines is 1. The minimum atomic E-state index is -3.84. The maximum absolute atomic E-state index is 12.4. The highest BCUT2D eigenvalue weighted by atomic mass is 35.5. The number of ether oxygens (including phenoxy) is 1. The molecule has 2 rings (SSSR count). The van der Waals surface area contributed by atoms with Gasteiger partial charge in [0.15, 0.2) is 6.10 Å². The molecule has 0 saturated carbocycles. The number of nitrogens with one attached hydrogen (secondary N) is 1. The number of carbonyl (C=O) groups is 2. The van der Waals surface area contributed by atoms with Crippen molar-refractivity contribution < 1.29 is 22.7 Å². The lowest BCUT2D eigenvalue weighted by molar-refractivity contribution is -0.123. The summed E-state index contributed by atoms with van der Waals surface area (Å²) in [6.07, 6.45) is -1.09. The maximum Gasteiger partial charge on any atom is 0.338 e. The van der Waals surface area contributed by atoms with Crippen LogP contribution in [0.3, 0.4) is 0 Å². The van der Waals surface area contributed by atoms with E-state index >= 15 is 0 Å². The molecule has 0 bridgehead atoms. The van der Waals surface area contributed by atoms with Crippen molar-refractivity contribution in [3.63, 3.8) is 0 Å². The Labute approximate surface area is 169 Å². The molecule has 7 nitrogen and oxygen atoms in total. The third-order valence-electron chi connectivity index (χ3n) is 3.86. The number of hydrogen-bond acceptors (Lipinski definition) is 5. The molecule has 2 aromatic rings. The van der Waals surface area contributed by atoms with Gasteiger partial charge in [0.2, 0.25) is 10.0 Å². The van der Waals surface area contributed by atoms with Crippen LogP contribution in [0.25, 0.3) is 0 Å². The Kier molecular flexibility index (Phi) is 6.82. The van der Waals surface area contributed by atoms with Gasteiger partial charge in [-0.1, -0.05) is 23.7 Å². The monoisotopic (exact) mass is 424 g/mol. The molecular formula is C19H21ClN2O5S. The lowest BCUT2D eigenvalue weighted by atomic mass is 10.2. The van der Waals surface area contributed by atoms with Crippen molar-refractivity contribution in [3.8, 4) is 0 Å². The highest BCUT2D eigenvalue weighted by molar-refractivity contribution is 7.89. The number of rotatable bonds is 6. The van der Waals surface area contributed by atoms with E-state index in [0.717, 1.165) is 15.9 Å². The van der Waals surface area contributed by atoms with Crippen molar-refractivity contribution in [2.24, 2.45) is 0 Å². The van der Waals surface area contributed by atoms with Crippen molar-refractivity contribution in [1.29, 1.82) is 0 Å². The summed E-state index contributed by atoms with van der Waals surface area (Å²) < 4.78 is 30.8. The van der Waals surface area contributed by atoms with Gasteiger partial charge in [0.25, 0.3) is 5.91 Å². The van der Waals surface area contributed by atoms with Gasteiger partial charge in [-0.3, -0.25) is 4.79 Å². The van der Waals surface area contributed by atoms with Crippen molar-refractivity contribution >= 4 is 39.2 Å². The second-order valence-corrected chi connectivity index (χ2v) is 8.87. The Hall–Kier alpha value is -2.42. The molecule has 0 spiro atoms. The van der Waals surface area contributed by atoms with Gasteiger partial charge in [0, 0.05) is 19.8 Å². The number of aryl methyl sites for hydroxylation is 1. The molecule has 2 aromatic carbocycles. The smallest absolute Gasteiger partial charge is 0.338 e. The number of nitrogens with zero attached hydrogens (tertiary/aromatic N) is 1. The lowest BCUT2D eigenvalue weighted by Gasteiger charge is -2.16. The van der Waals surface area contributed by atoms with Crippen LogP contribution in [0.2, 0.25) is 5.02 Å². The fourth-order valence-corrected chi connectivity index (χ4v) is 3.67. The summed E-state index contributed by atoms with van der Waals surface area (Å²) in [5.41, 5.74) is 1.53. The molecule has 0 fully saturated rings. The van der Waals surface area contributed by atoms with Gasteiger partial charge in [-0.2, -0.15) is 0 Å². The first-order valence-corrected chi connectivity index (χ1v) is 10.1. The third kappa shape index (κ3) is 5.09. The molecule has 150 valence electrons.